The number of halogens is 1. The van der Waals surface area contributed by atoms with Gasteiger partial charge in [-0.3, -0.25) is 9.59 Å². The van der Waals surface area contributed by atoms with E-state index in [4.69, 9.17) is 4.42 Å². The highest BCUT2D eigenvalue weighted by Gasteiger charge is 2.47. The summed E-state index contributed by atoms with van der Waals surface area (Å²) in [6.45, 7) is 1.82. The van der Waals surface area contributed by atoms with Crippen LogP contribution in [0.25, 0.3) is 0 Å². The summed E-state index contributed by atoms with van der Waals surface area (Å²) >= 11 is 3.34. The summed E-state index contributed by atoms with van der Waals surface area (Å²) in [6, 6.07) is 6.57. The fourth-order valence-electron chi connectivity index (χ4n) is 2.51. The van der Waals surface area contributed by atoms with E-state index in [1.165, 1.54) is 12.3 Å². The van der Waals surface area contributed by atoms with Gasteiger partial charge in [-0.05, 0) is 36.8 Å². The number of amides is 1. The first-order chi connectivity index (χ1) is 9.91. The number of aliphatic hydroxyl groups is 1. The molecule has 5 nitrogen and oxygen atoms in total. The third-order valence-electron chi connectivity index (χ3n) is 3.57. The van der Waals surface area contributed by atoms with Crippen LogP contribution in [-0.4, -0.2) is 16.8 Å². The minimum atomic E-state index is -1.88. The molecule has 0 fully saturated rings. The van der Waals surface area contributed by atoms with E-state index in [1.807, 2.05) is 13.0 Å². The third-order valence-corrected chi connectivity index (χ3v) is 4.03. The molecular weight excluding hydrogens is 338 g/mol. The van der Waals surface area contributed by atoms with Crippen LogP contribution in [0.5, 0.6) is 0 Å². The molecule has 6 heteroatoms. The van der Waals surface area contributed by atoms with Crippen LogP contribution in [0.3, 0.4) is 0 Å². The number of Topliss-reactive ketones (excluding diaryl/α,β-unsaturated/α-hetero) is 1. The summed E-state index contributed by atoms with van der Waals surface area (Å²) in [5, 5.41) is 13.4. The van der Waals surface area contributed by atoms with Gasteiger partial charge in [0.15, 0.2) is 11.4 Å². The van der Waals surface area contributed by atoms with Crippen molar-refractivity contribution in [1.82, 2.24) is 0 Å². The van der Waals surface area contributed by atoms with E-state index in [1.54, 1.807) is 12.1 Å². The zero-order chi connectivity index (χ0) is 15.2. The molecule has 2 N–H and O–H groups in total. The molecule has 1 unspecified atom stereocenters. The number of furan rings is 1. The van der Waals surface area contributed by atoms with Crippen LogP contribution < -0.4 is 5.32 Å². The van der Waals surface area contributed by atoms with Gasteiger partial charge in [-0.25, -0.2) is 0 Å². The number of anilines is 1. The largest absolute Gasteiger partial charge is 0.461 e. The molecule has 1 aromatic carbocycles. The monoisotopic (exact) mass is 349 g/mol. The second-order valence-electron chi connectivity index (χ2n) is 5.04. The summed E-state index contributed by atoms with van der Waals surface area (Å²) in [4.78, 5) is 24.3. The molecule has 1 aliphatic rings. The molecule has 1 atom stereocenters. The zero-order valence-corrected chi connectivity index (χ0v) is 12.7. The second kappa shape index (κ2) is 4.82. The van der Waals surface area contributed by atoms with Gasteiger partial charge in [0, 0.05) is 10.0 Å². The van der Waals surface area contributed by atoms with Gasteiger partial charge < -0.3 is 14.8 Å². The molecule has 0 saturated carbocycles. The summed E-state index contributed by atoms with van der Waals surface area (Å²) in [5.41, 5.74) is -0.111. The molecular formula is C15H12BrNO4. The number of carbonyl (C=O) groups is 2. The first kappa shape index (κ1) is 14.0. The van der Waals surface area contributed by atoms with Crippen molar-refractivity contribution in [2.24, 2.45) is 0 Å². The second-order valence-corrected chi connectivity index (χ2v) is 5.95. The van der Waals surface area contributed by atoms with Crippen molar-refractivity contribution in [3.8, 4) is 0 Å². The Labute approximate surface area is 129 Å². The molecule has 0 spiro atoms. The number of fused-ring (bicyclic) bond motifs is 1. The van der Waals surface area contributed by atoms with Crippen LogP contribution in [0, 0.1) is 6.92 Å². The van der Waals surface area contributed by atoms with Crippen molar-refractivity contribution < 1.29 is 19.1 Å². The van der Waals surface area contributed by atoms with Gasteiger partial charge in [-0.15, -0.1) is 0 Å². The Bertz CT molecular complexity index is 738. The smallest absolute Gasteiger partial charge is 0.261 e. The molecule has 2 aromatic rings. The number of hydrogen-bond acceptors (Lipinski definition) is 4. The predicted molar refractivity (Wildman–Crippen MR) is 79.1 cm³/mol. The van der Waals surface area contributed by atoms with Gasteiger partial charge >= 0.3 is 0 Å². The van der Waals surface area contributed by atoms with Crippen molar-refractivity contribution in [3.63, 3.8) is 0 Å². The van der Waals surface area contributed by atoms with Crippen LogP contribution in [-0.2, 0) is 10.4 Å². The van der Waals surface area contributed by atoms with Crippen LogP contribution in [0.15, 0.2) is 39.4 Å². The van der Waals surface area contributed by atoms with E-state index in [-0.39, 0.29) is 12.2 Å². The zero-order valence-electron chi connectivity index (χ0n) is 11.1. The quantitative estimate of drug-likeness (QED) is 0.835. The average Bonchev–Trinajstić information content (AvgIpc) is 3.01. The Balaban J connectivity index is 2.02. The maximum Gasteiger partial charge on any atom is 0.261 e. The Kier molecular flexibility index (Phi) is 3.22. The van der Waals surface area contributed by atoms with E-state index < -0.39 is 17.3 Å². The highest BCUT2D eigenvalue weighted by molar-refractivity contribution is 9.10. The number of carbonyl (C=O) groups excluding carboxylic acids is 2. The van der Waals surface area contributed by atoms with Gasteiger partial charge in [0.1, 0.15) is 0 Å². The van der Waals surface area contributed by atoms with Crippen LogP contribution in [0.1, 0.15) is 28.1 Å². The topological polar surface area (TPSA) is 79.5 Å². The number of nitrogens with one attached hydrogen (secondary N) is 1. The van der Waals surface area contributed by atoms with Crippen molar-refractivity contribution >= 4 is 33.3 Å². The van der Waals surface area contributed by atoms with Crippen LogP contribution in [0.2, 0.25) is 0 Å². The molecule has 21 heavy (non-hydrogen) atoms. The number of aryl methyl sites for hydroxylation is 1. The fourth-order valence-corrected chi connectivity index (χ4v) is 3.08. The van der Waals surface area contributed by atoms with Crippen molar-refractivity contribution in [3.05, 3.63) is 51.9 Å². The minimum Gasteiger partial charge on any atom is -0.461 e. The maximum atomic E-state index is 12.2. The molecule has 1 aliphatic heterocycles. The summed E-state index contributed by atoms with van der Waals surface area (Å²) in [7, 11) is 0. The number of rotatable bonds is 3. The lowest BCUT2D eigenvalue weighted by atomic mass is 9.88. The molecule has 0 saturated heterocycles. The van der Waals surface area contributed by atoms with Gasteiger partial charge in [-0.1, -0.05) is 15.9 Å². The van der Waals surface area contributed by atoms with Crippen molar-refractivity contribution in [2.45, 2.75) is 18.9 Å². The minimum absolute atomic E-state index is 0.122. The van der Waals surface area contributed by atoms with Gasteiger partial charge in [0.25, 0.3) is 5.91 Å². The van der Waals surface area contributed by atoms with Gasteiger partial charge in [0.05, 0.1) is 18.4 Å². The van der Waals surface area contributed by atoms with Crippen LogP contribution >= 0.6 is 15.9 Å². The van der Waals surface area contributed by atoms with E-state index >= 15 is 0 Å². The lowest BCUT2D eigenvalue weighted by molar-refractivity contribution is -0.133. The highest BCUT2D eigenvalue weighted by atomic mass is 79.9. The number of benzene rings is 1. The van der Waals surface area contributed by atoms with Gasteiger partial charge in [-0.2, -0.15) is 0 Å². The first-order valence-electron chi connectivity index (χ1n) is 6.33. The molecule has 3 rings (SSSR count). The molecule has 0 bridgehead atoms. The van der Waals surface area contributed by atoms with Crippen molar-refractivity contribution in [1.29, 1.82) is 0 Å². The van der Waals surface area contributed by atoms with Crippen molar-refractivity contribution in [2.75, 3.05) is 5.32 Å². The Morgan fingerprint density at radius 2 is 2.24 bits per heavy atom. The molecule has 0 radical (unpaired) electrons. The lowest BCUT2D eigenvalue weighted by Gasteiger charge is -2.19. The Hall–Kier alpha value is -1.92. The summed E-state index contributed by atoms with van der Waals surface area (Å²) in [5.74, 6) is -0.905. The maximum absolute atomic E-state index is 12.2. The van der Waals surface area contributed by atoms with E-state index in [2.05, 4.69) is 21.2 Å². The molecule has 1 amide bonds. The fraction of sp³-hybridized carbons (Fsp3) is 0.200. The Morgan fingerprint density at radius 3 is 2.90 bits per heavy atom. The predicted octanol–water partition coefficient (Wildman–Crippen LogP) is 2.76. The van der Waals surface area contributed by atoms with Crippen LogP contribution in [0.4, 0.5) is 5.69 Å². The molecule has 2 heterocycles. The van der Waals surface area contributed by atoms with Gasteiger partial charge in [0.2, 0.25) is 5.78 Å². The summed E-state index contributed by atoms with van der Waals surface area (Å²) in [6.07, 6.45) is 1.01. The van der Waals surface area contributed by atoms with E-state index in [9.17, 15) is 14.7 Å². The van der Waals surface area contributed by atoms with E-state index in [0.717, 1.165) is 10.0 Å². The third kappa shape index (κ3) is 2.20. The Morgan fingerprint density at radius 1 is 1.48 bits per heavy atom. The number of hydrogen-bond donors (Lipinski definition) is 2. The summed E-state index contributed by atoms with van der Waals surface area (Å²) < 4.78 is 5.75. The lowest BCUT2D eigenvalue weighted by Crippen LogP contribution is -2.36. The first-order valence-corrected chi connectivity index (χ1v) is 7.12. The number of ketones is 1. The normalized spacial score (nSPS) is 20.2. The average molecular weight is 350 g/mol. The highest BCUT2D eigenvalue weighted by Crippen LogP contribution is 2.42. The molecule has 108 valence electrons. The SMILES string of the molecule is Cc1cc(Br)cc2c1NC(=O)C2(O)CC(=O)c1ccco1. The standard InChI is InChI=1S/C15H12BrNO4/c1-8-5-9(16)6-10-13(8)17-14(19)15(10,20)7-11(18)12-3-2-4-21-12/h2-6,20H,7H2,1H3,(H,17,19). The molecule has 0 aliphatic carbocycles. The molecule has 1 aromatic heterocycles. The van der Waals surface area contributed by atoms with E-state index in [0.29, 0.717) is 11.3 Å².